The second-order valence-electron chi connectivity index (χ2n) is 3.28. The van der Waals surface area contributed by atoms with Crippen molar-refractivity contribution in [2.75, 3.05) is 5.75 Å². The van der Waals surface area contributed by atoms with Gasteiger partial charge in [0.25, 0.3) is 0 Å². The van der Waals surface area contributed by atoms with Gasteiger partial charge >= 0.3 is 0 Å². The zero-order valence-electron chi connectivity index (χ0n) is 13.1. The van der Waals surface area contributed by atoms with Crippen LogP contribution in [0.4, 0.5) is 0 Å². The van der Waals surface area contributed by atoms with Crippen molar-refractivity contribution in [1.82, 2.24) is 11.1 Å². The quantitative estimate of drug-likeness (QED) is 0.634. The minimum atomic E-state index is 0. The Kier molecular flexibility index (Phi) is 17.9. The van der Waals surface area contributed by atoms with Crippen LogP contribution in [0, 0.1) is 0 Å². The average molecular weight is 331 g/mol. The molecule has 21 heavy (non-hydrogen) atoms. The molecule has 0 atom stereocenters. The molecule has 0 saturated carbocycles. The van der Waals surface area contributed by atoms with Crippen LogP contribution >= 0.6 is 24.0 Å². The second kappa shape index (κ2) is 15.2. The molecule has 0 bridgehead atoms. The molecular formula is C15H26N2O2S2. The topological polar surface area (TPSA) is 96.5 Å². The van der Waals surface area contributed by atoms with Gasteiger partial charge in [0.2, 0.25) is 0 Å². The van der Waals surface area contributed by atoms with Crippen LogP contribution < -0.4 is 6.15 Å². The minimum absolute atomic E-state index is 0. The van der Waals surface area contributed by atoms with Gasteiger partial charge in [0, 0.05) is 17.9 Å². The molecule has 0 radical (unpaired) electrons. The number of carbonyl (C=O) groups is 1. The molecule has 0 fully saturated rings. The molecule has 4 nitrogen and oxygen atoms in total. The monoisotopic (exact) mass is 330 g/mol. The summed E-state index contributed by atoms with van der Waals surface area (Å²) in [6.45, 7) is 7.52. The fraction of sp³-hybridized carbons (Fsp3) is 0.333. The molecule has 0 aliphatic carbocycles. The van der Waals surface area contributed by atoms with Gasteiger partial charge in [-0.2, -0.15) is 12.6 Å². The van der Waals surface area contributed by atoms with Crippen LogP contribution in [0.5, 0.6) is 0 Å². The van der Waals surface area contributed by atoms with Crippen molar-refractivity contribution >= 4 is 29.7 Å². The van der Waals surface area contributed by atoms with Gasteiger partial charge in [-0.1, -0.05) is 51.1 Å². The Balaban J connectivity index is -0.000000415. The molecule has 0 amide bonds. The van der Waals surface area contributed by atoms with Crippen LogP contribution in [-0.2, 0) is 0 Å². The Labute approximate surface area is 136 Å². The lowest BCUT2D eigenvalue weighted by atomic mass is 10.2. The minimum Gasteiger partial charge on any atom is -0.412 e. The summed E-state index contributed by atoms with van der Waals surface area (Å²) in [6, 6.07) is 9.86. The normalized spacial score (nSPS) is 7.86. The number of Topliss-reactive ketones (excluding diaryl/α,β-unsaturated/α-hetero) is 1. The predicted octanol–water partition coefficient (Wildman–Crippen LogP) is 4.31. The highest BCUT2D eigenvalue weighted by molar-refractivity contribution is 7.80. The maximum Gasteiger partial charge on any atom is 0.178 e. The predicted molar refractivity (Wildman–Crippen MR) is 97.1 cm³/mol. The Bertz CT molecular complexity index is 474. The first-order chi connectivity index (χ1) is 9.19. The highest BCUT2D eigenvalue weighted by Gasteiger charge is 2.06. The van der Waals surface area contributed by atoms with E-state index < -0.39 is 0 Å². The number of hydrogen-bond acceptors (Lipinski definition) is 5. The smallest absolute Gasteiger partial charge is 0.178 e. The number of benzene rings is 1. The summed E-state index contributed by atoms with van der Waals surface area (Å²) in [5, 5.41) is 2.70. The average Bonchev–Trinajstić information content (AvgIpc) is 2.93. The molecule has 0 saturated heterocycles. The van der Waals surface area contributed by atoms with Crippen LogP contribution in [0.1, 0.15) is 38.2 Å². The van der Waals surface area contributed by atoms with Crippen LogP contribution in [0.3, 0.4) is 0 Å². The molecule has 0 aliphatic heterocycles. The van der Waals surface area contributed by atoms with E-state index in [0.717, 1.165) is 16.3 Å². The molecule has 120 valence electrons. The molecule has 1 heterocycles. The van der Waals surface area contributed by atoms with E-state index in [9.17, 15) is 4.79 Å². The van der Waals surface area contributed by atoms with Gasteiger partial charge in [0.05, 0.1) is 0 Å². The van der Waals surface area contributed by atoms with Crippen molar-refractivity contribution in [2.45, 2.75) is 27.7 Å². The van der Waals surface area contributed by atoms with Crippen LogP contribution in [-0.4, -0.2) is 22.0 Å². The molecule has 5 N–H and O–H groups in total. The van der Waals surface area contributed by atoms with Crippen LogP contribution in [0.2, 0.25) is 0 Å². The molecule has 0 unspecified atom stereocenters. The van der Waals surface area contributed by atoms with Gasteiger partial charge < -0.3 is 11.6 Å². The number of thiazole rings is 1. The van der Waals surface area contributed by atoms with Gasteiger partial charge in [0.1, 0.15) is 10.7 Å². The number of aromatic nitrogens is 1. The Morgan fingerprint density at radius 1 is 1.24 bits per heavy atom. The summed E-state index contributed by atoms with van der Waals surface area (Å²) in [4.78, 5) is 15.3. The summed E-state index contributed by atoms with van der Waals surface area (Å²) < 4.78 is 0. The summed E-state index contributed by atoms with van der Waals surface area (Å²) >= 11 is 5.29. The molecule has 0 aliphatic rings. The first-order valence-corrected chi connectivity index (χ1v) is 7.83. The Morgan fingerprint density at radius 2 is 1.71 bits per heavy atom. The molecule has 0 spiro atoms. The highest BCUT2D eigenvalue weighted by Crippen LogP contribution is 2.23. The zero-order valence-corrected chi connectivity index (χ0v) is 14.8. The van der Waals surface area contributed by atoms with E-state index in [4.69, 9.17) is 0 Å². The van der Waals surface area contributed by atoms with E-state index in [0.29, 0.717) is 5.69 Å². The lowest BCUT2D eigenvalue weighted by Gasteiger charge is -1.92. The fourth-order valence-electron chi connectivity index (χ4n) is 1.15. The van der Waals surface area contributed by atoms with Crippen molar-refractivity contribution in [3.8, 4) is 10.6 Å². The van der Waals surface area contributed by atoms with Crippen molar-refractivity contribution in [1.29, 1.82) is 0 Å². The third-order valence-electron chi connectivity index (χ3n) is 1.89. The highest BCUT2D eigenvalue weighted by atomic mass is 32.1. The first-order valence-electron chi connectivity index (χ1n) is 6.31. The number of nitrogens with zero attached hydrogens (tertiary/aromatic N) is 1. The first kappa shape index (κ1) is 24.8. The number of thiol groups is 1. The number of carbonyl (C=O) groups excluding carboxylic acids is 1. The SMILES string of the molecule is CC.CC(=O)c1csc(-c2ccccc2)n1.CCS.N.O. The molecule has 1 aromatic heterocycles. The van der Waals surface area contributed by atoms with Crippen LogP contribution in [0.25, 0.3) is 10.6 Å². The van der Waals surface area contributed by atoms with Gasteiger partial charge in [-0.25, -0.2) is 4.98 Å². The van der Waals surface area contributed by atoms with Crippen molar-refractivity contribution in [3.63, 3.8) is 0 Å². The summed E-state index contributed by atoms with van der Waals surface area (Å²) in [7, 11) is 0. The molecule has 6 heteroatoms. The van der Waals surface area contributed by atoms with E-state index in [1.807, 2.05) is 51.1 Å². The Hall–Kier alpha value is -1.21. The molecule has 2 rings (SSSR count). The second-order valence-corrected chi connectivity index (χ2v) is 4.77. The largest absolute Gasteiger partial charge is 0.412 e. The van der Waals surface area contributed by atoms with E-state index in [1.54, 1.807) is 5.38 Å². The molecule has 2 aromatic rings. The van der Waals surface area contributed by atoms with Gasteiger partial charge in [0.15, 0.2) is 5.78 Å². The number of rotatable bonds is 2. The zero-order chi connectivity index (χ0) is 14.7. The summed E-state index contributed by atoms with van der Waals surface area (Å²) in [5.41, 5.74) is 1.61. The maximum absolute atomic E-state index is 11.0. The lowest BCUT2D eigenvalue weighted by Crippen LogP contribution is -1.90. The van der Waals surface area contributed by atoms with Crippen molar-refractivity contribution in [2.24, 2.45) is 0 Å². The standard InChI is InChI=1S/C11H9NOS.C2H6S.C2H6.H3N.H2O/c1-8(13)10-7-14-11(12-10)9-5-3-2-4-6-9;1-2-3;1-2;;/h2-7H,1H3;3H,2H2,1H3;1-2H3;1H3;1H2. The lowest BCUT2D eigenvalue weighted by molar-refractivity contribution is 0.101. The van der Waals surface area contributed by atoms with E-state index in [-0.39, 0.29) is 17.4 Å². The molecule has 1 aromatic carbocycles. The third-order valence-corrected chi connectivity index (χ3v) is 2.78. The summed E-state index contributed by atoms with van der Waals surface area (Å²) in [6.07, 6.45) is 0. The number of ketones is 1. The fourth-order valence-corrected chi connectivity index (χ4v) is 2.01. The van der Waals surface area contributed by atoms with E-state index in [1.165, 1.54) is 18.3 Å². The van der Waals surface area contributed by atoms with Gasteiger partial charge in [-0.15, -0.1) is 11.3 Å². The van der Waals surface area contributed by atoms with Crippen LogP contribution in [0.15, 0.2) is 35.7 Å². The summed E-state index contributed by atoms with van der Waals surface area (Å²) in [5.74, 6) is 0.962. The maximum atomic E-state index is 11.0. The third kappa shape index (κ3) is 9.36. The number of hydrogen-bond donors (Lipinski definition) is 2. The van der Waals surface area contributed by atoms with E-state index >= 15 is 0 Å². The van der Waals surface area contributed by atoms with Crippen molar-refractivity contribution < 1.29 is 10.3 Å². The molecular weight excluding hydrogens is 304 g/mol. The van der Waals surface area contributed by atoms with Crippen molar-refractivity contribution in [3.05, 3.63) is 41.4 Å². The van der Waals surface area contributed by atoms with Gasteiger partial charge in [-0.05, 0) is 5.75 Å². The van der Waals surface area contributed by atoms with Gasteiger partial charge in [-0.3, -0.25) is 4.79 Å². The Morgan fingerprint density at radius 3 is 2.10 bits per heavy atom. The van der Waals surface area contributed by atoms with E-state index in [2.05, 4.69) is 17.6 Å².